The van der Waals surface area contributed by atoms with E-state index in [1.54, 1.807) is 25.0 Å². The lowest BCUT2D eigenvalue weighted by atomic mass is 10.0. The molecular formula is C27H22N8O. The van der Waals surface area contributed by atoms with Gasteiger partial charge < -0.3 is 4.98 Å². The van der Waals surface area contributed by atoms with Crippen molar-refractivity contribution in [2.75, 3.05) is 0 Å². The lowest BCUT2D eigenvalue weighted by Crippen LogP contribution is -2.06. The van der Waals surface area contributed by atoms with Crippen LogP contribution in [0.3, 0.4) is 0 Å². The summed E-state index contributed by atoms with van der Waals surface area (Å²) in [5.74, 6) is 0.894. The number of imidazole rings is 1. The first kappa shape index (κ1) is 21.6. The van der Waals surface area contributed by atoms with Crippen LogP contribution < -0.4 is 0 Å². The minimum absolute atomic E-state index is 0.119. The van der Waals surface area contributed by atoms with Gasteiger partial charge in [0.2, 0.25) is 0 Å². The fourth-order valence-corrected chi connectivity index (χ4v) is 4.25. The van der Waals surface area contributed by atoms with Crippen molar-refractivity contribution in [3.8, 4) is 28.3 Å². The predicted octanol–water partition coefficient (Wildman–Crippen LogP) is 4.26. The number of nitrogens with zero attached hydrogens (tertiary/aromatic N) is 6. The summed E-state index contributed by atoms with van der Waals surface area (Å²) in [7, 11) is 0. The Balaban J connectivity index is 1.16. The molecule has 6 rings (SSSR count). The summed E-state index contributed by atoms with van der Waals surface area (Å²) in [6.45, 7) is 1.94. The second-order valence-electron chi connectivity index (χ2n) is 8.67. The van der Waals surface area contributed by atoms with E-state index >= 15 is 0 Å². The van der Waals surface area contributed by atoms with E-state index < -0.39 is 0 Å². The highest BCUT2D eigenvalue weighted by Crippen LogP contribution is 2.27. The Kier molecular flexibility index (Phi) is 5.42. The number of aromatic nitrogens is 8. The van der Waals surface area contributed by atoms with Gasteiger partial charge in [-0.25, -0.2) is 15.0 Å². The SMILES string of the molecule is Cc1cn(-c2ncnc3[nH]c(-c4ccc(CC(=O)Cc5cc(-c6ccncc6)n[nH]5)cc4)cc23)cn1. The quantitative estimate of drug-likeness (QED) is 0.357. The minimum Gasteiger partial charge on any atom is -0.339 e. The average molecular weight is 475 g/mol. The molecule has 9 nitrogen and oxygen atoms in total. The highest BCUT2D eigenvalue weighted by molar-refractivity contribution is 5.88. The molecule has 0 saturated carbocycles. The van der Waals surface area contributed by atoms with Crippen LogP contribution in [0.1, 0.15) is 17.0 Å². The van der Waals surface area contributed by atoms with Gasteiger partial charge in [0, 0.05) is 48.4 Å². The van der Waals surface area contributed by atoms with Crippen molar-refractivity contribution in [2.24, 2.45) is 0 Å². The van der Waals surface area contributed by atoms with E-state index in [0.29, 0.717) is 12.8 Å². The number of hydrogen-bond acceptors (Lipinski definition) is 6. The van der Waals surface area contributed by atoms with Gasteiger partial charge in [-0.05, 0) is 42.3 Å². The number of fused-ring (bicyclic) bond motifs is 1. The number of nitrogens with one attached hydrogen (secondary N) is 2. The second-order valence-corrected chi connectivity index (χ2v) is 8.67. The largest absolute Gasteiger partial charge is 0.339 e. The fourth-order valence-electron chi connectivity index (χ4n) is 4.25. The van der Waals surface area contributed by atoms with E-state index in [2.05, 4.69) is 35.1 Å². The maximum absolute atomic E-state index is 12.7. The van der Waals surface area contributed by atoms with Crippen LogP contribution in [-0.4, -0.2) is 45.5 Å². The van der Waals surface area contributed by atoms with Crippen LogP contribution in [0.25, 0.3) is 39.4 Å². The lowest BCUT2D eigenvalue weighted by Gasteiger charge is -2.03. The molecule has 1 aromatic carbocycles. The Hall–Kier alpha value is -4.92. The molecule has 0 saturated heterocycles. The van der Waals surface area contributed by atoms with Crippen molar-refractivity contribution in [3.63, 3.8) is 0 Å². The highest BCUT2D eigenvalue weighted by atomic mass is 16.1. The van der Waals surface area contributed by atoms with E-state index in [0.717, 1.165) is 56.3 Å². The summed E-state index contributed by atoms with van der Waals surface area (Å²) in [6.07, 6.45) is 9.33. The molecule has 6 aromatic rings. The Bertz CT molecular complexity index is 1660. The summed E-state index contributed by atoms with van der Waals surface area (Å²) in [6, 6.07) is 15.7. The summed E-state index contributed by atoms with van der Waals surface area (Å²) in [5.41, 5.74) is 7.14. The molecular weight excluding hydrogens is 452 g/mol. The van der Waals surface area contributed by atoms with Gasteiger partial charge in [-0.15, -0.1) is 0 Å². The zero-order valence-corrected chi connectivity index (χ0v) is 19.5. The van der Waals surface area contributed by atoms with Gasteiger partial charge in [-0.1, -0.05) is 24.3 Å². The number of Topliss-reactive ketones (excluding diaryl/α,β-unsaturated/α-hetero) is 1. The van der Waals surface area contributed by atoms with Crippen LogP contribution in [-0.2, 0) is 17.6 Å². The Morgan fingerprint density at radius 2 is 1.78 bits per heavy atom. The molecule has 0 unspecified atom stereocenters. The Morgan fingerprint density at radius 1 is 0.944 bits per heavy atom. The van der Waals surface area contributed by atoms with E-state index in [4.69, 9.17) is 0 Å². The average Bonchev–Trinajstić information content (AvgIpc) is 3.64. The van der Waals surface area contributed by atoms with Gasteiger partial charge in [0.05, 0.1) is 16.8 Å². The number of H-pyrrole nitrogens is 2. The molecule has 0 atom stereocenters. The van der Waals surface area contributed by atoms with Crippen molar-refractivity contribution in [3.05, 3.63) is 96.7 Å². The monoisotopic (exact) mass is 474 g/mol. The van der Waals surface area contributed by atoms with Gasteiger partial charge in [-0.2, -0.15) is 5.10 Å². The first-order valence-electron chi connectivity index (χ1n) is 11.5. The molecule has 0 amide bonds. The van der Waals surface area contributed by atoms with Crippen molar-refractivity contribution >= 4 is 16.8 Å². The molecule has 5 heterocycles. The van der Waals surface area contributed by atoms with Crippen LogP contribution in [0.2, 0.25) is 0 Å². The number of hydrogen-bond donors (Lipinski definition) is 2. The number of pyridine rings is 1. The molecule has 5 aromatic heterocycles. The molecule has 176 valence electrons. The van der Waals surface area contributed by atoms with Crippen LogP contribution in [0, 0.1) is 6.92 Å². The summed E-state index contributed by atoms with van der Waals surface area (Å²) < 4.78 is 1.89. The molecule has 0 aliphatic rings. The number of rotatable bonds is 7. The number of carbonyl (C=O) groups is 1. The van der Waals surface area contributed by atoms with Gasteiger partial charge in [0.15, 0.2) is 5.82 Å². The summed E-state index contributed by atoms with van der Waals surface area (Å²) in [4.78, 5) is 33.2. The van der Waals surface area contributed by atoms with Crippen molar-refractivity contribution < 1.29 is 4.79 Å². The zero-order valence-electron chi connectivity index (χ0n) is 19.5. The number of carbonyl (C=O) groups excluding carboxylic acids is 1. The minimum atomic E-state index is 0.119. The highest BCUT2D eigenvalue weighted by Gasteiger charge is 2.13. The molecule has 0 aliphatic carbocycles. The number of benzene rings is 1. The third-order valence-corrected chi connectivity index (χ3v) is 6.02. The van der Waals surface area contributed by atoms with Crippen LogP contribution in [0.15, 0.2) is 79.8 Å². The molecule has 0 spiro atoms. The van der Waals surface area contributed by atoms with Crippen LogP contribution in [0.5, 0.6) is 0 Å². The van der Waals surface area contributed by atoms with Gasteiger partial charge >= 0.3 is 0 Å². The van der Waals surface area contributed by atoms with E-state index in [-0.39, 0.29) is 5.78 Å². The molecule has 0 fully saturated rings. The molecule has 0 bridgehead atoms. The third kappa shape index (κ3) is 4.29. The van der Waals surface area contributed by atoms with Gasteiger partial charge in [-0.3, -0.25) is 19.4 Å². The summed E-state index contributed by atoms with van der Waals surface area (Å²) >= 11 is 0. The second kappa shape index (κ2) is 9.03. The zero-order chi connectivity index (χ0) is 24.5. The smallest absolute Gasteiger partial charge is 0.150 e. The van der Waals surface area contributed by atoms with Crippen LogP contribution >= 0.6 is 0 Å². The third-order valence-electron chi connectivity index (χ3n) is 6.02. The standard InChI is InChI=1S/C27H22N8O/c1-17-14-35(16-31-17)27-23-13-24(32-26(23)29-15-30-27)19-4-2-18(3-5-19)10-22(36)11-21-12-25(34-33-21)20-6-8-28-9-7-20/h2-9,12-16H,10-11H2,1H3,(H,33,34)(H,29,30,32). The predicted molar refractivity (Wildman–Crippen MR) is 135 cm³/mol. The van der Waals surface area contributed by atoms with E-state index in [9.17, 15) is 4.79 Å². The lowest BCUT2D eigenvalue weighted by molar-refractivity contribution is -0.117. The van der Waals surface area contributed by atoms with E-state index in [1.165, 1.54) is 0 Å². The number of ketones is 1. The molecule has 0 aliphatic heterocycles. The molecule has 2 N–H and O–H groups in total. The maximum atomic E-state index is 12.7. The normalized spacial score (nSPS) is 11.2. The fraction of sp³-hybridized carbons (Fsp3) is 0.111. The van der Waals surface area contributed by atoms with Gasteiger partial charge in [0.25, 0.3) is 0 Å². The molecule has 36 heavy (non-hydrogen) atoms. The maximum Gasteiger partial charge on any atom is 0.150 e. The summed E-state index contributed by atoms with van der Waals surface area (Å²) in [5, 5.41) is 8.20. The number of aromatic amines is 2. The Morgan fingerprint density at radius 3 is 2.56 bits per heavy atom. The molecule has 9 heteroatoms. The van der Waals surface area contributed by atoms with Crippen LogP contribution in [0.4, 0.5) is 0 Å². The first-order chi connectivity index (χ1) is 17.6. The van der Waals surface area contributed by atoms with Crippen molar-refractivity contribution in [1.82, 2.24) is 39.7 Å². The van der Waals surface area contributed by atoms with Gasteiger partial charge in [0.1, 0.15) is 24.1 Å². The molecule has 0 radical (unpaired) electrons. The van der Waals surface area contributed by atoms with Crippen molar-refractivity contribution in [1.29, 1.82) is 0 Å². The topological polar surface area (TPSA) is 118 Å². The van der Waals surface area contributed by atoms with Crippen molar-refractivity contribution in [2.45, 2.75) is 19.8 Å². The number of aryl methyl sites for hydroxylation is 1. The van der Waals surface area contributed by atoms with E-state index in [1.807, 2.05) is 66.2 Å². The Labute approximate surface area is 206 Å². The first-order valence-corrected chi connectivity index (χ1v) is 11.5.